The molecule has 6 nitrogen and oxygen atoms in total. The highest BCUT2D eigenvalue weighted by Crippen LogP contribution is 2.30. The van der Waals surface area contributed by atoms with Crippen LogP contribution >= 0.6 is 11.8 Å². The van der Waals surface area contributed by atoms with Gasteiger partial charge in [0.05, 0.1) is 12.0 Å². The van der Waals surface area contributed by atoms with E-state index >= 15 is 0 Å². The first-order valence-electron chi connectivity index (χ1n) is 7.60. The van der Waals surface area contributed by atoms with Crippen LogP contribution < -0.4 is 5.43 Å². The molecule has 0 bridgehead atoms. The van der Waals surface area contributed by atoms with E-state index in [9.17, 15) is 8.78 Å². The summed E-state index contributed by atoms with van der Waals surface area (Å²) in [5.41, 5.74) is 4.70. The Hall–Kier alpha value is -2.94. The van der Waals surface area contributed by atoms with E-state index in [1.807, 2.05) is 24.3 Å². The number of aromatic nitrogens is 2. The minimum atomic E-state index is -2.43. The lowest BCUT2D eigenvalue weighted by atomic mass is 10.2. The average molecular weight is 374 g/mol. The highest BCUT2D eigenvalue weighted by Gasteiger charge is 2.12. The zero-order chi connectivity index (χ0) is 17.9. The normalized spacial score (nSPS) is 12.0. The van der Waals surface area contributed by atoms with Gasteiger partial charge < -0.3 is 8.83 Å². The van der Waals surface area contributed by atoms with Crippen LogP contribution in [0.25, 0.3) is 22.1 Å². The molecule has 26 heavy (non-hydrogen) atoms. The minimum absolute atomic E-state index is 0.102. The van der Waals surface area contributed by atoms with Crippen molar-refractivity contribution in [2.45, 2.75) is 11.5 Å². The summed E-state index contributed by atoms with van der Waals surface area (Å²) >= 11 is 0.505. The van der Waals surface area contributed by atoms with E-state index in [1.54, 1.807) is 12.1 Å². The second-order valence-corrected chi connectivity index (χ2v) is 6.22. The van der Waals surface area contributed by atoms with E-state index in [-0.39, 0.29) is 5.75 Å². The van der Waals surface area contributed by atoms with Crippen LogP contribution in [0.1, 0.15) is 11.5 Å². The number of halogens is 2. The first kappa shape index (κ1) is 16.5. The number of furan rings is 2. The maximum Gasteiger partial charge on any atom is 0.284 e. The lowest BCUT2D eigenvalue weighted by Crippen LogP contribution is -1.94. The number of rotatable bonds is 6. The smallest absolute Gasteiger partial charge is 0.284 e. The molecule has 9 heteroatoms. The molecule has 1 N–H and O–H groups in total. The number of nitrogens with zero attached hydrogens (tertiary/aromatic N) is 3. The summed E-state index contributed by atoms with van der Waals surface area (Å²) in [6, 6.07) is 10.9. The molecule has 0 unspecified atom stereocenters. The fourth-order valence-electron chi connectivity index (χ4n) is 2.45. The molecule has 0 aliphatic rings. The zero-order valence-corrected chi connectivity index (χ0v) is 14.0. The van der Waals surface area contributed by atoms with Crippen molar-refractivity contribution in [3.05, 3.63) is 54.2 Å². The van der Waals surface area contributed by atoms with Crippen molar-refractivity contribution in [2.24, 2.45) is 5.10 Å². The van der Waals surface area contributed by atoms with E-state index in [0.717, 1.165) is 5.39 Å². The molecule has 3 heterocycles. The Bertz CT molecular complexity index is 1080. The molecule has 0 aliphatic heterocycles. The summed E-state index contributed by atoms with van der Waals surface area (Å²) in [7, 11) is 0. The van der Waals surface area contributed by atoms with Crippen LogP contribution in [0.5, 0.6) is 0 Å². The Morgan fingerprint density at radius 2 is 2.04 bits per heavy atom. The van der Waals surface area contributed by atoms with Crippen LogP contribution in [0, 0.1) is 0 Å². The lowest BCUT2D eigenvalue weighted by molar-refractivity contribution is 0.251. The molecule has 0 atom stereocenters. The van der Waals surface area contributed by atoms with Crippen LogP contribution in [0.2, 0.25) is 0 Å². The Kier molecular flexibility index (Phi) is 4.53. The molecule has 0 radical (unpaired) electrons. The number of thioether (sulfide) groups is 1. The molecule has 4 rings (SSSR count). The van der Waals surface area contributed by atoms with Crippen molar-refractivity contribution < 1.29 is 17.6 Å². The van der Waals surface area contributed by atoms with Gasteiger partial charge in [0.2, 0.25) is 0 Å². The van der Waals surface area contributed by atoms with Crippen LogP contribution in [0.3, 0.4) is 0 Å². The second kappa shape index (κ2) is 7.12. The molecule has 0 amide bonds. The van der Waals surface area contributed by atoms with Gasteiger partial charge >= 0.3 is 0 Å². The molecule has 0 saturated carbocycles. The third-order valence-corrected chi connectivity index (χ3v) is 4.26. The first-order valence-corrected chi connectivity index (χ1v) is 8.65. The molecule has 132 valence electrons. The van der Waals surface area contributed by atoms with Crippen molar-refractivity contribution in [1.82, 2.24) is 9.97 Å². The van der Waals surface area contributed by atoms with Crippen molar-refractivity contribution in [3.8, 4) is 0 Å². The van der Waals surface area contributed by atoms with Crippen LogP contribution in [-0.4, -0.2) is 21.9 Å². The molecule has 0 saturated heterocycles. The van der Waals surface area contributed by atoms with Crippen molar-refractivity contribution in [3.63, 3.8) is 0 Å². The number of fused-ring (bicyclic) bond motifs is 3. The van der Waals surface area contributed by atoms with Gasteiger partial charge in [0.15, 0.2) is 11.4 Å². The van der Waals surface area contributed by atoms with Gasteiger partial charge in [0.1, 0.15) is 28.9 Å². The maximum atomic E-state index is 12.2. The third kappa shape index (κ3) is 3.38. The van der Waals surface area contributed by atoms with Gasteiger partial charge in [-0.05, 0) is 24.3 Å². The van der Waals surface area contributed by atoms with Crippen molar-refractivity contribution in [2.75, 3.05) is 5.43 Å². The van der Waals surface area contributed by atoms with E-state index < -0.39 is 5.76 Å². The number of hydrogen-bond acceptors (Lipinski definition) is 7. The van der Waals surface area contributed by atoms with Gasteiger partial charge in [-0.15, -0.1) is 0 Å². The maximum absolute atomic E-state index is 12.2. The monoisotopic (exact) mass is 374 g/mol. The highest BCUT2D eigenvalue weighted by molar-refractivity contribution is 7.98. The summed E-state index contributed by atoms with van der Waals surface area (Å²) in [6.45, 7) is 0. The van der Waals surface area contributed by atoms with Crippen molar-refractivity contribution >= 4 is 45.9 Å². The summed E-state index contributed by atoms with van der Waals surface area (Å²) in [5, 5.41) is 4.96. The number of nitrogens with one attached hydrogen (secondary N) is 1. The molecule has 4 aromatic rings. The number of benzene rings is 1. The average Bonchev–Trinajstić information content (AvgIpc) is 3.25. The largest absolute Gasteiger partial charge is 0.459 e. The van der Waals surface area contributed by atoms with Crippen LogP contribution in [0.4, 0.5) is 14.6 Å². The highest BCUT2D eigenvalue weighted by atomic mass is 32.2. The molecule has 3 aromatic heterocycles. The van der Waals surface area contributed by atoms with Gasteiger partial charge in [-0.3, -0.25) is 5.43 Å². The molecule has 0 fully saturated rings. The standard InChI is InChI=1S/C17H12F2N4O2S/c18-17(19)26-8-11-6-5-10(24-11)7-22-23-16-15-14(20-9-21-16)12-3-1-2-4-13(12)25-15/h1-7,9,17H,8H2,(H,20,21,23)/b22-7+. The van der Waals surface area contributed by atoms with E-state index in [2.05, 4.69) is 20.5 Å². The Morgan fingerprint density at radius 1 is 1.15 bits per heavy atom. The number of para-hydroxylation sites is 1. The summed E-state index contributed by atoms with van der Waals surface area (Å²) < 4.78 is 35.6. The molecule has 1 aromatic carbocycles. The Labute approximate surface area is 150 Å². The van der Waals surface area contributed by atoms with Gasteiger partial charge in [-0.2, -0.15) is 13.9 Å². The SMILES string of the molecule is FC(F)SCc1ccc(/C=N/Nc2ncnc3c2oc2ccccc23)o1. The topological polar surface area (TPSA) is 76.5 Å². The van der Waals surface area contributed by atoms with Crippen LogP contribution in [-0.2, 0) is 5.75 Å². The first-order chi connectivity index (χ1) is 12.7. The fraction of sp³-hybridized carbons (Fsp3) is 0.118. The Balaban J connectivity index is 1.52. The fourth-order valence-corrected chi connectivity index (χ4v) is 2.89. The number of anilines is 1. The van der Waals surface area contributed by atoms with Gasteiger partial charge in [-0.25, -0.2) is 9.97 Å². The van der Waals surface area contributed by atoms with Gasteiger partial charge in [0.25, 0.3) is 5.76 Å². The van der Waals surface area contributed by atoms with E-state index in [0.29, 0.717) is 45.8 Å². The summed E-state index contributed by atoms with van der Waals surface area (Å²) in [5.74, 6) is -1.01. The molecule has 0 spiro atoms. The molecular formula is C17H12F2N4O2S. The third-order valence-electron chi connectivity index (χ3n) is 3.55. The quantitative estimate of drug-likeness (QED) is 0.383. The predicted molar refractivity (Wildman–Crippen MR) is 96.5 cm³/mol. The Morgan fingerprint density at radius 3 is 2.92 bits per heavy atom. The molecular weight excluding hydrogens is 362 g/mol. The van der Waals surface area contributed by atoms with Crippen LogP contribution in [0.15, 0.2) is 56.7 Å². The number of hydrazone groups is 1. The minimum Gasteiger partial charge on any atom is -0.459 e. The zero-order valence-electron chi connectivity index (χ0n) is 13.2. The van der Waals surface area contributed by atoms with Gasteiger partial charge in [0, 0.05) is 5.39 Å². The van der Waals surface area contributed by atoms with Gasteiger partial charge in [-0.1, -0.05) is 23.9 Å². The summed E-state index contributed by atoms with van der Waals surface area (Å²) in [4.78, 5) is 8.40. The second-order valence-electron chi connectivity index (χ2n) is 5.24. The van der Waals surface area contributed by atoms with E-state index in [4.69, 9.17) is 8.83 Å². The molecule has 0 aliphatic carbocycles. The predicted octanol–water partition coefficient (Wildman–Crippen LogP) is 4.87. The number of alkyl halides is 2. The van der Waals surface area contributed by atoms with Crippen molar-refractivity contribution in [1.29, 1.82) is 0 Å². The summed E-state index contributed by atoms with van der Waals surface area (Å²) in [6.07, 6.45) is 2.86. The van der Waals surface area contributed by atoms with E-state index in [1.165, 1.54) is 12.5 Å². The number of hydrogen-bond donors (Lipinski definition) is 1. The lowest BCUT2D eigenvalue weighted by Gasteiger charge is -1.98.